The van der Waals surface area contributed by atoms with E-state index in [0.717, 1.165) is 11.1 Å². The number of carbonyl (C=O) groups is 1. The fraction of sp³-hybridized carbons (Fsp3) is 0.0625. The lowest BCUT2D eigenvalue weighted by Gasteiger charge is -2.07. The molecule has 0 atom stereocenters. The number of hydrogen-bond donors (Lipinski definition) is 1. The summed E-state index contributed by atoms with van der Waals surface area (Å²) < 4.78 is 1.60. The number of carboxylic acids is 1. The molecule has 0 aliphatic heterocycles. The van der Waals surface area contributed by atoms with E-state index in [1.807, 2.05) is 12.1 Å². The number of aromatic carboxylic acids is 1. The smallest absolute Gasteiger partial charge is 0.335 e. The highest BCUT2D eigenvalue weighted by molar-refractivity contribution is 5.87. The second kappa shape index (κ2) is 6.07. The monoisotopic (exact) mass is 305 g/mol. The first-order chi connectivity index (χ1) is 11.2. The van der Waals surface area contributed by atoms with Crippen LogP contribution in [0.4, 0.5) is 0 Å². The number of pyridine rings is 1. The second-order valence-electron chi connectivity index (χ2n) is 4.80. The molecular formula is C16H11N5O2. The van der Waals surface area contributed by atoms with Gasteiger partial charge in [0.1, 0.15) is 11.8 Å². The van der Waals surface area contributed by atoms with Crippen molar-refractivity contribution in [2.75, 3.05) is 0 Å². The van der Waals surface area contributed by atoms with E-state index in [1.54, 1.807) is 35.3 Å². The van der Waals surface area contributed by atoms with Crippen LogP contribution < -0.4 is 0 Å². The molecule has 0 bridgehead atoms. The summed E-state index contributed by atoms with van der Waals surface area (Å²) in [6, 6.07) is 12.1. The summed E-state index contributed by atoms with van der Waals surface area (Å²) in [5.41, 5.74) is 2.63. The van der Waals surface area contributed by atoms with Gasteiger partial charge < -0.3 is 5.11 Å². The molecule has 2 heterocycles. The first-order valence-corrected chi connectivity index (χ1v) is 6.75. The van der Waals surface area contributed by atoms with E-state index in [2.05, 4.69) is 15.3 Å². The van der Waals surface area contributed by atoms with Crippen molar-refractivity contribution in [1.29, 1.82) is 5.26 Å². The van der Waals surface area contributed by atoms with Gasteiger partial charge in [0.25, 0.3) is 0 Å². The summed E-state index contributed by atoms with van der Waals surface area (Å²) in [4.78, 5) is 14.9. The summed E-state index contributed by atoms with van der Waals surface area (Å²) in [7, 11) is 0. The summed E-state index contributed by atoms with van der Waals surface area (Å²) in [5.74, 6) is -0.972. The predicted octanol–water partition coefficient (Wildman–Crippen LogP) is 1.96. The minimum Gasteiger partial charge on any atom is -0.478 e. The predicted molar refractivity (Wildman–Crippen MR) is 80.5 cm³/mol. The quantitative estimate of drug-likeness (QED) is 0.790. The SMILES string of the molecule is N#Cc1nnn(Cc2ccc(C(=O)O)cc2)c1-c1cccnc1. The molecule has 0 saturated carbocycles. The minimum absolute atomic E-state index is 0.220. The van der Waals surface area contributed by atoms with Crippen LogP contribution in [0.25, 0.3) is 11.3 Å². The Bertz CT molecular complexity index is 879. The number of benzene rings is 1. The lowest BCUT2D eigenvalue weighted by Crippen LogP contribution is -2.05. The number of aromatic nitrogens is 4. The molecule has 0 aliphatic carbocycles. The number of nitrogens with zero attached hydrogens (tertiary/aromatic N) is 5. The van der Waals surface area contributed by atoms with Crippen molar-refractivity contribution in [3.8, 4) is 17.3 Å². The van der Waals surface area contributed by atoms with Crippen molar-refractivity contribution in [2.45, 2.75) is 6.54 Å². The lowest BCUT2D eigenvalue weighted by atomic mass is 10.1. The molecule has 0 fully saturated rings. The third-order valence-electron chi connectivity index (χ3n) is 3.31. The molecule has 0 saturated heterocycles. The molecule has 23 heavy (non-hydrogen) atoms. The fourth-order valence-corrected chi connectivity index (χ4v) is 2.21. The Balaban J connectivity index is 1.96. The largest absolute Gasteiger partial charge is 0.478 e. The van der Waals surface area contributed by atoms with Gasteiger partial charge in [0, 0.05) is 18.0 Å². The highest BCUT2D eigenvalue weighted by atomic mass is 16.4. The van der Waals surface area contributed by atoms with Crippen LogP contribution in [-0.2, 0) is 6.54 Å². The van der Waals surface area contributed by atoms with Crippen molar-refractivity contribution >= 4 is 5.97 Å². The Morgan fingerprint density at radius 1 is 1.26 bits per heavy atom. The van der Waals surface area contributed by atoms with E-state index in [4.69, 9.17) is 5.11 Å². The summed E-state index contributed by atoms with van der Waals surface area (Å²) in [6.45, 7) is 0.374. The van der Waals surface area contributed by atoms with Crippen LogP contribution >= 0.6 is 0 Å². The summed E-state index contributed by atoms with van der Waals surface area (Å²) in [5, 5.41) is 26.0. The molecule has 0 aliphatic rings. The average Bonchev–Trinajstić information content (AvgIpc) is 2.99. The van der Waals surface area contributed by atoms with Crippen LogP contribution in [0.5, 0.6) is 0 Å². The molecule has 0 amide bonds. The van der Waals surface area contributed by atoms with E-state index in [0.29, 0.717) is 12.2 Å². The average molecular weight is 305 g/mol. The first kappa shape index (κ1) is 14.4. The maximum absolute atomic E-state index is 10.9. The zero-order valence-corrected chi connectivity index (χ0v) is 11.9. The molecule has 0 radical (unpaired) electrons. The van der Waals surface area contributed by atoms with Gasteiger partial charge in [-0.05, 0) is 29.8 Å². The molecule has 1 aromatic carbocycles. The number of carboxylic acid groups (broad SMARTS) is 1. The van der Waals surface area contributed by atoms with Crippen LogP contribution in [0.2, 0.25) is 0 Å². The molecule has 7 heteroatoms. The van der Waals surface area contributed by atoms with Crippen LogP contribution in [0.15, 0.2) is 48.8 Å². The first-order valence-electron chi connectivity index (χ1n) is 6.75. The Morgan fingerprint density at radius 3 is 2.65 bits per heavy atom. The van der Waals surface area contributed by atoms with Gasteiger partial charge in [0.2, 0.25) is 0 Å². The normalized spacial score (nSPS) is 10.2. The Kier molecular flexibility index (Phi) is 3.80. The van der Waals surface area contributed by atoms with Gasteiger partial charge in [-0.2, -0.15) is 5.26 Å². The summed E-state index contributed by atoms with van der Waals surface area (Å²) >= 11 is 0. The van der Waals surface area contributed by atoms with Crippen molar-refractivity contribution in [3.63, 3.8) is 0 Å². The molecule has 3 rings (SSSR count). The lowest BCUT2D eigenvalue weighted by molar-refractivity contribution is 0.0697. The molecule has 0 unspecified atom stereocenters. The number of hydrogen-bond acceptors (Lipinski definition) is 5. The van der Waals surface area contributed by atoms with E-state index >= 15 is 0 Å². The van der Waals surface area contributed by atoms with Gasteiger partial charge >= 0.3 is 5.97 Å². The van der Waals surface area contributed by atoms with E-state index in [9.17, 15) is 10.1 Å². The van der Waals surface area contributed by atoms with Crippen molar-refractivity contribution in [1.82, 2.24) is 20.0 Å². The molecule has 1 N–H and O–H groups in total. The van der Waals surface area contributed by atoms with Gasteiger partial charge in [-0.15, -0.1) is 5.10 Å². The van der Waals surface area contributed by atoms with Gasteiger partial charge in [0.15, 0.2) is 5.69 Å². The molecule has 2 aromatic heterocycles. The zero-order chi connectivity index (χ0) is 16.2. The van der Waals surface area contributed by atoms with Gasteiger partial charge in [-0.25, -0.2) is 9.48 Å². The maximum Gasteiger partial charge on any atom is 0.335 e. The van der Waals surface area contributed by atoms with Gasteiger partial charge in [-0.3, -0.25) is 4.98 Å². The van der Waals surface area contributed by atoms with Crippen molar-refractivity contribution in [3.05, 3.63) is 65.6 Å². The zero-order valence-electron chi connectivity index (χ0n) is 11.9. The molecule has 3 aromatic rings. The van der Waals surface area contributed by atoms with E-state index in [1.165, 1.54) is 12.1 Å². The van der Waals surface area contributed by atoms with Crippen molar-refractivity contribution in [2.24, 2.45) is 0 Å². The van der Waals surface area contributed by atoms with Gasteiger partial charge in [-0.1, -0.05) is 17.3 Å². The topological polar surface area (TPSA) is 105 Å². The van der Waals surface area contributed by atoms with E-state index < -0.39 is 5.97 Å². The Morgan fingerprint density at radius 2 is 2.04 bits per heavy atom. The third-order valence-corrected chi connectivity index (χ3v) is 3.31. The number of rotatable bonds is 4. The minimum atomic E-state index is -0.972. The molecule has 7 nitrogen and oxygen atoms in total. The second-order valence-corrected chi connectivity index (χ2v) is 4.80. The van der Waals surface area contributed by atoms with Crippen LogP contribution in [0.3, 0.4) is 0 Å². The van der Waals surface area contributed by atoms with Crippen LogP contribution in [0, 0.1) is 11.3 Å². The van der Waals surface area contributed by atoms with Crippen LogP contribution in [0.1, 0.15) is 21.6 Å². The standard InChI is InChI=1S/C16H11N5O2/c17-8-14-15(13-2-1-7-18-9-13)21(20-19-14)10-11-3-5-12(6-4-11)16(22)23/h1-7,9H,10H2,(H,22,23). The molecule has 0 spiro atoms. The van der Waals surface area contributed by atoms with Crippen molar-refractivity contribution < 1.29 is 9.90 Å². The van der Waals surface area contributed by atoms with Gasteiger partial charge in [0.05, 0.1) is 12.1 Å². The van der Waals surface area contributed by atoms with Crippen LogP contribution in [-0.4, -0.2) is 31.1 Å². The molecule has 112 valence electrons. The third kappa shape index (κ3) is 2.91. The molecular weight excluding hydrogens is 294 g/mol. The highest BCUT2D eigenvalue weighted by Gasteiger charge is 2.15. The number of nitriles is 1. The Hall–Kier alpha value is -3.53. The fourth-order valence-electron chi connectivity index (χ4n) is 2.21. The van der Waals surface area contributed by atoms with E-state index in [-0.39, 0.29) is 11.3 Å². The maximum atomic E-state index is 10.9. The highest BCUT2D eigenvalue weighted by Crippen LogP contribution is 2.21. The Labute approximate surface area is 131 Å². The summed E-state index contributed by atoms with van der Waals surface area (Å²) in [6.07, 6.45) is 3.29.